The molecule has 1 unspecified atom stereocenters. The van der Waals surface area contributed by atoms with Crippen molar-refractivity contribution in [3.63, 3.8) is 0 Å². The Kier molecular flexibility index (Phi) is 5.75. The Morgan fingerprint density at radius 3 is 2.65 bits per heavy atom. The number of aryl methyl sites for hydroxylation is 1. The number of nitrogens with one attached hydrogen (secondary N) is 1. The highest BCUT2D eigenvalue weighted by Gasteiger charge is 2.18. The molecule has 6 nitrogen and oxygen atoms in total. The molecule has 156 valence electrons. The van der Waals surface area contributed by atoms with Crippen molar-refractivity contribution in [3.8, 4) is 11.6 Å². The zero-order chi connectivity index (χ0) is 22.0. The number of hydrogen-bond donors (Lipinski definition) is 2. The van der Waals surface area contributed by atoms with Gasteiger partial charge in [0.2, 0.25) is 5.88 Å². The molecule has 0 aliphatic heterocycles. The Balaban J connectivity index is 1.74. The molecule has 1 amide bonds. The molecule has 1 atom stereocenters. The standard InChI is InChI=1S/C23H18FN3O3S/c1-14-11-16(24)9-10-21(14)30-23-19(12-15-5-2-3-8-20(15)27-23)22(28)26-17-6-4-7-18(13-17)31(25)29/h2-13H,25H2,1H3,(H,26,28). The second kappa shape index (κ2) is 8.63. The van der Waals surface area contributed by atoms with E-state index in [1.54, 1.807) is 37.3 Å². The van der Waals surface area contributed by atoms with Gasteiger partial charge in [-0.3, -0.25) is 4.79 Å². The highest BCUT2D eigenvalue weighted by molar-refractivity contribution is 7.82. The number of nitrogens with two attached hydrogens (primary N) is 1. The van der Waals surface area contributed by atoms with Gasteiger partial charge in [0.15, 0.2) is 0 Å². The van der Waals surface area contributed by atoms with Crippen LogP contribution in [0.25, 0.3) is 10.9 Å². The lowest BCUT2D eigenvalue weighted by atomic mass is 10.1. The first kappa shape index (κ1) is 20.6. The number of rotatable bonds is 5. The number of benzene rings is 3. The molecule has 1 heterocycles. The third-order valence-electron chi connectivity index (χ3n) is 4.60. The van der Waals surface area contributed by atoms with Crippen molar-refractivity contribution in [1.82, 2.24) is 4.98 Å². The van der Waals surface area contributed by atoms with Crippen LogP contribution in [0.3, 0.4) is 0 Å². The van der Waals surface area contributed by atoms with E-state index in [0.29, 0.717) is 27.4 Å². The topological polar surface area (TPSA) is 94.3 Å². The minimum absolute atomic E-state index is 0.0875. The van der Waals surface area contributed by atoms with Crippen LogP contribution in [0.5, 0.6) is 11.6 Å². The first-order valence-corrected chi connectivity index (χ1v) is 10.5. The van der Waals surface area contributed by atoms with Gasteiger partial charge in [0, 0.05) is 11.1 Å². The number of halogens is 1. The number of carbonyl (C=O) groups excluding carboxylic acids is 1. The lowest BCUT2D eigenvalue weighted by molar-refractivity contribution is 0.102. The van der Waals surface area contributed by atoms with Crippen molar-refractivity contribution in [3.05, 3.63) is 89.7 Å². The number of para-hydroxylation sites is 1. The number of pyridine rings is 1. The number of carbonyl (C=O) groups is 1. The number of fused-ring (bicyclic) bond motifs is 1. The molecule has 0 saturated heterocycles. The molecule has 0 aliphatic rings. The Hall–Kier alpha value is -3.62. The number of ether oxygens (including phenoxy) is 1. The van der Waals surface area contributed by atoms with Crippen LogP contribution in [0.15, 0.2) is 77.7 Å². The molecular weight excluding hydrogens is 417 g/mol. The lowest BCUT2D eigenvalue weighted by Gasteiger charge is -2.14. The minimum Gasteiger partial charge on any atom is -0.438 e. The van der Waals surface area contributed by atoms with Crippen molar-refractivity contribution in [2.75, 3.05) is 5.32 Å². The van der Waals surface area contributed by atoms with Crippen LogP contribution < -0.4 is 15.2 Å². The van der Waals surface area contributed by atoms with E-state index in [0.717, 1.165) is 5.39 Å². The van der Waals surface area contributed by atoms with Crippen molar-refractivity contribution in [2.24, 2.45) is 5.14 Å². The summed E-state index contributed by atoms with van der Waals surface area (Å²) >= 11 is 0. The fourth-order valence-corrected chi connectivity index (χ4v) is 3.52. The van der Waals surface area contributed by atoms with Crippen molar-refractivity contribution in [2.45, 2.75) is 11.8 Å². The number of nitrogens with zero attached hydrogens (tertiary/aromatic N) is 1. The van der Waals surface area contributed by atoms with Gasteiger partial charge in [-0.25, -0.2) is 18.7 Å². The molecule has 4 rings (SSSR count). The van der Waals surface area contributed by atoms with Gasteiger partial charge in [-0.05, 0) is 61.0 Å². The van der Waals surface area contributed by atoms with Gasteiger partial charge in [0.05, 0.1) is 10.4 Å². The number of aromatic nitrogens is 1. The van der Waals surface area contributed by atoms with Crippen LogP contribution in [-0.4, -0.2) is 15.1 Å². The van der Waals surface area contributed by atoms with Crippen LogP contribution >= 0.6 is 0 Å². The summed E-state index contributed by atoms with van der Waals surface area (Å²) in [5.74, 6) is -0.373. The van der Waals surface area contributed by atoms with Gasteiger partial charge in [-0.15, -0.1) is 0 Å². The predicted molar refractivity (Wildman–Crippen MR) is 118 cm³/mol. The van der Waals surface area contributed by atoms with Gasteiger partial charge in [0.25, 0.3) is 5.91 Å². The van der Waals surface area contributed by atoms with E-state index in [1.165, 1.54) is 24.3 Å². The molecule has 0 radical (unpaired) electrons. The summed E-state index contributed by atoms with van der Waals surface area (Å²) in [5.41, 5.74) is 1.84. The monoisotopic (exact) mass is 435 g/mol. The SMILES string of the molecule is Cc1cc(F)ccc1Oc1nc2ccccc2cc1C(=O)Nc1cccc(S(N)=O)c1. The molecule has 8 heteroatoms. The maximum Gasteiger partial charge on any atom is 0.261 e. The summed E-state index contributed by atoms with van der Waals surface area (Å²) in [4.78, 5) is 18.0. The van der Waals surface area contributed by atoms with E-state index in [4.69, 9.17) is 9.88 Å². The zero-order valence-electron chi connectivity index (χ0n) is 16.5. The van der Waals surface area contributed by atoms with E-state index in [2.05, 4.69) is 10.3 Å². The highest BCUT2D eigenvalue weighted by atomic mass is 32.2. The Bertz CT molecular complexity index is 1330. The highest BCUT2D eigenvalue weighted by Crippen LogP contribution is 2.30. The molecule has 4 aromatic rings. The van der Waals surface area contributed by atoms with E-state index in [1.807, 2.05) is 18.2 Å². The van der Waals surface area contributed by atoms with Gasteiger partial charge in [0.1, 0.15) is 28.1 Å². The zero-order valence-corrected chi connectivity index (χ0v) is 17.3. The van der Waals surface area contributed by atoms with Gasteiger partial charge < -0.3 is 10.1 Å². The summed E-state index contributed by atoms with van der Waals surface area (Å²) in [5, 5.41) is 8.94. The Morgan fingerprint density at radius 2 is 1.87 bits per heavy atom. The first-order chi connectivity index (χ1) is 14.9. The third-order valence-corrected chi connectivity index (χ3v) is 5.32. The predicted octanol–water partition coefficient (Wildman–Crippen LogP) is 4.71. The van der Waals surface area contributed by atoms with E-state index < -0.39 is 16.9 Å². The van der Waals surface area contributed by atoms with Crippen molar-refractivity contribution >= 4 is 33.5 Å². The molecule has 3 N–H and O–H groups in total. The molecule has 31 heavy (non-hydrogen) atoms. The maximum absolute atomic E-state index is 13.5. The normalized spacial score (nSPS) is 11.8. The average Bonchev–Trinajstić information content (AvgIpc) is 2.75. The molecule has 0 bridgehead atoms. The van der Waals surface area contributed by atoms with Crippen LogP contribution in [0.2, 0.25) is 0 Å². The Labute approximate surface area is 180 Å². The summed E-state index contributed by atoms with van der Waals surface area (Å²) < 4.78 is 30.9. The fraction of sp³-hybridized carbons (Fsp3) is 0.0435. The second-order valence-corrected chi connectivity index (χ2v) is 7.89. The van der Waals surface area contributed by atoms with E-state index in [-0.39, 0.29) is 17.3 Å². The van der Waals surface area contributed by atoms with Crippen molar-refractivity contribution in [1.29, 1.82) is 0 Å². The lowest BCUT2D eigenvalue weighted by Crippen LogP contribution is -2.14. The van der Waals surface area contributed by atoms with Crippen LogP contribution in [0.1, 0.15) is 15.9 Å². The first-order valence-electron chi connectivity index (χ1n) is 9.32. The van der Waals surface area contributed by atoms with E-state index in [9.17, 15) is 13.4 Å². The second-order valence-electron chi connectivity index (χ2n) is 6.83. The molecule has 0 aliphatic carbocycles. The van der Waals surface area contributed by atoms with Gasteiger partial charge >= 0.3 is 0 Å². The quantitative estimate of drug-likeness (QED) is 0.475. The van der Waals surface area contributed by atoms with Crippen LogP contribution in [-0.2, 0) is 11.0 Å². The van der Waals surface area contributed by atoms with Crippen LogP contribution in [0, 0.1) is 12.7 Å². The molecule has 0 fully saturated rings. The largest absolute Gasteiger partial charge is 0.438 e. The Morgan fingerprint density at radius 1 is 1.06 bits per heavy atom. The smallest absolute Gasteiger partial charge is 0.261 e. The summed E-state index contributed by atoms with van der Waals surface area (Å²) in [6.07, 6.45) is 0. The maximum atomic E-state index is 13.5. The minimum atomic E-state index is -1.67. The van der Waals surface area contributed by atoms with Crippen LogP contribution in [0.4, 0.5) is 10.1 Å². The van der Waals surface area contributed by atoms with Gasteiger partial charge in [-0.1, -0.05) is 24.3 Å². The van der Waals surface area contributed by atoms with Crippen molar-refractivity contribution < 1.29 is 18.1 Å². The molecule has 0 saturated carbocycles. The summed E-state index contributed by atoms with van der Waals surface area (Å²) in [7, 11) is -1.67. The number of amides is 1. The molecule has 1 aromatic heterocycles. The third kappa shape index (κ3) is 4.60. The summed E-state index contributed by atoms with van der Waals surface area (Å²) in [6.45, 7) is 1.71. The van der Waals surface area contributed by atoms with E-state index >= 15 is 0 Å². The average molecular weight is 435 g/mol. The molecule has 0 spiro atoms. The number of hydrogen-bond acceptors (Lipinski definition) is 4. The molecular formula is C23H18FN3O3S. The summed E-state index contributed by atoms with van der Waals surface area (Å²) in [6, 6.07) is 19.6. The van der Waals surface area contributed by atoms with Gasteiger partial charge in [-0.2, -0.15) is 0 Å². The molecule has 3 aromatic carbocycles. The fourth-order valence-electron chi connectivity index (χ4n) is 3.07. The number of anilines is 1.